The summed E-state index contributed by atoms with van der Waals surface area (Å²) in [6.45, 7) is 11.9. The van der Waals surface area contributed by atoms with Crippen LogP contribution in [0.4, 0.5) is 0 Å². The first-order valence-corrected chi connectivity index (χ1v) is 11.6. The average molecular weight is 423 g/mol. The molecule has 0 heterocycles. The van der Waals surface area contributed by atoms with Gasteiger partial charge in [-0.2, -0.15) is 0 Å². The van der Waals surface area contributed by atoms with Gasteiger partial charge in [-0.1, -0.05) is 52.8 Å². The van der Waals surface area contributed by atoms with Crippen molar-refractivity contribution in [3.63, 3.8) is 0 Å². The first kappa shape index (κ1) is 24.3. The third-order valence-electron chi connectivity index (χ3n) is 9.55. The number of aliphatic hydroxyl groups excluding tert-OH is 1. The molecule has 3 aliphatic rings. The topological polar surface area (TPSA) is 43.3 Å². The van der Waals surface area contributed by atoms with Crippen molar-refractivity contribution in [1.29, 1.82) is 0 Å². The number of benzene rings is 1. The van der Waals surface area contributed by atoms with Crippen molar-refractivity contribution in [3.8, 4) is 5.75 Å². The molecule has 1 aromatic carbocycles. The van der Waals surface area contributed by atoms with E-state index in [1.54, 1.807) is 6.07 Å². The van der Waals surface area contributed by atoms with Crippen molar-refractivity contribution >= 4 is 0 Å². The zero-order valence-electron chi connectivity index (χ0n) is 19.5. The molecule has 1 N–H and O–H groups in total. The van der Waals surface area contributed by atoms with Gasteiger partial charge in [0.25, 0.3) is 0 Å². The van der Waals surface area contributed by atoms with Crippen LogP contribution in [-0.4, -0.2) is 11.2 Å². The van der Waals surface area contributed by atoms with Gasteiger partial charge in [-0.25, -0.2) is 0 Å². The third-order valence-corrected chi connectivity index (χ3v) is 9.55. The van der Waals surface area contributed by atoms with E-state index in [-0.39, 0.29) is 68.7 Å². The van der Waals surface area contributed by atoms with E-state index in [0.29, 0.717) is 35.0 Å². The summed E-state index contributed by atoms with van der Waals surface area (Å²) in [4.78, 5) is 0. The van der Waals surface area contributed by atoms with Crippen LogP contribution in [0.25, 0.3) is 0 Å². The summed E-state index contributed by atoms with van der Waals surface area (Å²) in [5.74, 6) is 3.37. The maximum atomic E-state index is 12.1. The van der Waals surface area contributed by atoms with Gasteiger partial charge in [-0.3, -0.25) is 0 Å². The van der Waals surface area contributed by atoms with Gasteiger partial charge in [0.15, 0.2) is 0 Å². The molecule has 6 atom stereocenters. The Labute approximate surface area is 220 Å². The van der Waals surface area contributed by atoms with E-state index < -0.39 is 0 Å². The molecule has 1 aromatic rings. The molecule has 0 spiro atoms. The molecule has 3 aliphatic carbocycles. The monoisotopic (exact) mass is 422 g/mol. The largest absolute Gasteiger partial charge is 1.00 e. The Morgan fingerprint density at radius 2 is 1.93 bits per heavy atom. The molecule has 2 nitrogen and oxygen atoms in total. The molecule has 6 unspecified atom stereocenters. The standard InChI is InChI=1S/C26H40O2.K/c1-16(2)25(3,4)12-10-17-14-18-15-19(27)6-7-20(18)21-11-13-26(5)22(24(17)21)8-9-23(26)28;/h6-7,15-17,21-24,27-28H,8-14H2,1-5H3;/q;+1/p-1. The van der Waals surface area contributed by atoms with Crippen LogP contribution in [-0.2, 0) is 6.42 Å². The third kappa shape index (κ3) is 4.31. The summed E-state index contributed by atoms with van der Waals surface area (Å²) in [5, 5.41) is 22.8. The Bertz CT molecular complexity index is 727. The van der Waals surface area contributed by atoms with Gasteiger partial charge >= 0.3 is 51.4 Å². The van der Waals surface area contributed by atoms with E-state index >= 15 is 0 Å². The molecule has 156 valence electrons. The molecule has 0 aromatic heterocycles. The molecular weight excluding hydrogens is 383 g/mol. The second-order valence-electron chi connectivity index (χ2n) is 11.4. The van der Waals surface area contributed by atoms with Gasteiger partial charge < -0.3 is 10.2 Å². The second kappa shape index (κ2) is 8.87. The van der Waals surface area contributed by atoms with E-state index in [4.69, 9.17) is 0 Å². The van der Waals surface area contributed by atoms with Gasteiger partial charge in [0.2, 0.25) is 0 Å². The smallest absolute Gasteiger partial charge is 0.872 e. The Kier molecular flexibility index (Phi) is 7.42. The van der Waals surface area contributed by atoms with Crippen LogP contribution in [0.1, 0.15) is 90.2 Å². The molecular formula is C26H39KO2. The van der Waals surface area contributed by atoms with E-state index in [1.165, 1.54) is 36.8 Å². The summed E-state index contributed by atoms with van der Waals surface area (Å²) in [6.07, 6.45) is 7.88. The SMILES string of the molecule is CC(C)C(C)(C)CCC1Cc2cc([O-])ccc2C2CCC3(C)C(O)CCC3C12.[K+]. The van der Waals surface area contributed by atoms with Gasteiger partial charge in [0.1, 0.15) is 0 Å². The van der Waals surface area contributed by atoms with Crippen molar-refractivity contribution in [3.05, 3.63) is 29.3 Å². The van der Waals surface area contributed by atoms with Crippen LogP contribution in [0.5, 0.6) is 5.75 Å². The first-order valence-electron chi connectivity index (χ1n) is 11.6. The predicted octanol–water partition coefficient (Wildman–Crippen LogP) is 2.67. The number of aliphatic hydroxyl groups is 1. The van der Waals surface area contributed by atoms with E-state index in [2.05, 4.69) is 40.7 Å². The maximum Gasteiger partial charge on any atom is 1.00 e. The van der Waals surface area contributed by atoms with E-state index in [1.807, 2.05) is 6.07 Å². The molecule has 29 heavy (non-hydrogen) atoms. The molecule has 0 saturated heterocycles. The fourth-order valence-corrected chi connectivity index (χ4v) is 6.87. The summed E-state index contributed by atoms with van der Waals surface area (Å²) in [7, 11) is 0. The number of rotatable bonds is 4. The van der Waals surface area contributed by atoms with Crippen molar-refractivity contribution in [2.24, 2.45) is 34.5 Å². The summed E-state index contributed by atoms with van der Waals surface area (Å²) in [5.41, 5.74) is 3.22. The van der Waals surface area contributed by atoms with Crippen LogP contribution in [0, 0.1) is 34.5 Å². The van der Waals surface area contributed by atoms with Crippen LogP contribution in [0.3, 0.4) is 0 Å². The molecule has 0 bridgehead atoms. The van der Waals surface area contributed by atoms with Crippen LogP contribution < -0.4 is 56.5 Å². The second-order valence-corrected chi connectivity index (χ2v) is 11.4. The summed E-state index contributed by atoms with van der Waals surface area (Å²) >= 11 is 0. The van der Waals surface area contributed by atoms with Crippen molar-refractivity contribution in [1.82, 2.24) is 0 Å². The maximum absolute atomic E-state index is 12.1. The Morgan fingerprint density at radius 1 is 1.21 bits per heavy atom. The van der Waals surface area contributed by atoms with Crippen LogP contribution in [0.2, 0.25) is 0 Å². The summed E-state index contributed by atoms with van der Waals surface area (Å²) in [6, 6.07) is 5.83. The first-order chi connectivity index (χ1) is 13.1. The fraction of sp³-hybridized carbons (Fsp3) is 0.769. The number of hydrogen-bond donors (Lipinski definition) is 1. The predicted molar refractivity (Wildman–Crippen MR) is 113 cm³/mol. The molecule has 0 aliphatic heterocycles. The van der Waals surface area contributed by atoms with Crippen molar-refractivity contribution < 1.29 is 61.6 Å². The Balaban J connectivity index is 0.00000240. The zero-order valence-corrected chi connectivity index (χ0v) is 22.6. The van der Waals surface area contributed by atoms with E-state index in [9.17, 15) is 10.2 Å². The molecule has 4 rings (SSSR count). The molecule has 0 radical (unpaired) electrons. The molecule has 2 saturated carbocycles. The van der Waals surface area contributed by atoms with Crippen LogP contribution in [0.15, 0.2) is 18.2 Å². The molecule has 2 fully saturated rings. The average Bonchev–Trinajstić information content (AvgIpc) is 2.94. The van der Waals surface area contributed by atoms with Crippen molar-refractivity contribution in [2.45, 2.75) is 91.6 Å². The minimum atomic E-state index is -0.128. The van der Waals surface area contributed by atoms with E-state index in [0.717, 1.165) is 19.3 Å². The molecule has 3 heteroatoms. The minimum Gasteiger partial charge on any atom is -0.872 e. The zero-order chi connectivity index (χ0) is 20.3. The van der Waals surface area contributed by atoms with Gasteiger partial charge in [-0.15, -0.1) is 5.75 Å². The van der Waals surface area contributed by atoms with Crippen molar-refractivity contribution in [2.75, 3.05) is 0 Å². The quantitative estimate of drug-likeness (QED) is 0.758. The van der Waals surface area contributed by atoms with Gasteiger partial charge in [0, 0.05) is 0 Å². The van der Waals surface area contributed by atoms with Gasteiger partial charge in [-0.05, 0) is 96.5 Å². The Hall–Kier alpha value is 0.616. The molecule has 0 amide bonds. The van der Waals surface area contributed by atoms with Crippen LogP contribution >= 0.6 is 0 Å². The number of hydrogen-bond acceptors (Lipinski definition) is 2. The summed E-state index contributed by atoms with van der Waals surface area (Å²) < 4.78 is 0. The Morgan fingerprint density at radius 3 is 2.62 bits per heavy atom. The fourth-order valence-electron chi connectivity index (χ4n) is 6.87. The minimum absolute atomic E-state index is 0. The normalized spacial score (nSPS) is 36.2. The number of fused-ring (bicyclic) bond motifs is 5. The van der Waals surface area contributed by atoms with Gasteiger partial charge in [0.05, 0.1) is 6.10 Å².